The van der Waals surface area contributed by atoms with Crippen LogP contribution in [-0.4, -0.2) is 0 Å². The Morgan fingerprint density at radius 3 is 1.25 bits per heavy atom. The summed E-state index contributed by atoms with van der Waals surface area (Å²) in [6.45, 7) is 0. The predicted octanol–water partition coefficient (Wildman–Crippen LogP) is 7.15. The fourth-order valence-corrected chi connectivity index (χ4v) is 4.92. The lowest BCUT2D eigenvalue weighted by Crippen LogP contribution is -2.24. The van der Waals surface area contributed by atoms with Crippen LogP contribution >= 0.6 is 0 Å². The Kier molecular flexibility index (Phi) is 4.35. The summed E-state index contributed by atoms with van der Waals surface area (Å²) in [7, 11) is 0. The maximum absolute atomic E-state index is 12.6. The Labute approximate surface area is 204 Å². The summed E-state index contributed by atoms with van der Waals surface area (Å²) in [5.41, 5.74) is 6.36. The molecule has 6 aromatic rings. The lowest BCUT2D eigenvalue weighted by Gasteiger charge is -2.40. The zero-order valence-corrected chi connectivity index (χ0v) is 18.9. The molecular weight excluding hydrogens is 452 g/mol. The zero-order chi connectivity index (χ0) is 24.2. The van der Waals surface area contributed by atoms with Crippen molar-refractivity contribution < 1.29 is 8.83 Å². The van der Waals surface area contributed by atoms with Gasteiger partial charge in [-0.15, -0.1) is 0 Å². The van der Waals surface area contributed by atoms with Crippen molar-refractivity contribution in [2.45, 2.75) is 0 Å². The first kappa shape index (κ1) is 20.3. The van der Waals surface area contributed by atoms with Crippen LogP contribution < -0.4 is 20.7 Å². The van der Waals surface area contributed by atoms with Gasteiger partial charge in [-0.25, -0.2) is 0 Å². The molecule has 0 fully saturated rings. The standard InChI is InChI=1S/C30H18N2O4/c33-27-13-15-35-29-11-9-19(17-21(27)29)31-23-5-1-2-6-24(23)32(26-8-4-3-7-25(26)31)20-10-12-30-22(18-20)28(34)14-16-36-30/h1-18H. The van der Waals surface area contributed by atoms with E-state index in [-0.39, 0.29) is 10.9 Å². The van der Waals surface area contributed by atoms with Crippen molar-refractivity contribution in [3.8, 4) is 0 Å². The van der Waals surface area contributed by atoms with Gasteiger partial charge in [-0.05, 0) is 60.7 Å². The third-order valence-corrected chi connectivity index (χ3v) is 6.53. The van der Waals surface area contributed by atoms with Crippen molar-refractivity contribution >= 4 is 56.1 Å². The summed E-state index contributed by atoms with van der Waals surface area (Å²) in [4.78, 5) is 29.4. The highest BCUT2D eigenvalue weighted by Gasteiger charge is 2.30. The summed E-state index contributed by atoms with van der Waals surface area (Å²) >= 11 is 0. The Bertz CT molecular complexity index is 1730. The molecule has 7 rings (SSSR count). The number of rotatable bonds is 2. The van der Waals surface area contributed by atoms with Gasteiger partial charge in [0.25, 0.3) is 0 Å². The molecule has 3 heterocycles. The van der Waals surface area contributed by atoms with Crippen LogP contribution in [0.1, 0.15) is 0 Å². The minimum absolute atomic E-state index is 0.0895. The smallest absolute Gasteiger partial charge is 0.192 e. The largest absolute Gasteiger partial charge is 0.464 e. The van der Waals surface area contributed by atoms with E-state index in [1.54, 1.807) is 0 Å². The Morgan fingerprint density at radius 2 is 0.861 bits per heavy atom. The highest BCUT2D eigenvalue weighted by molar-refractivity contribution is 6.03. The zero-order valence-electron chi connectivity index (χ0n) is 18.9. The van der Waals surface area contributed by atoms with Crippen LogP contribution in [0.15, 0.2) is 128 Å². The Hall–Kier alpha value is -5.10. The number of hydrogen-bond donors (Lipinski definition) is 0. The molecule has 36 heavy (non-hydrogen) atoms. The van der Waals surface area contributed by atoms with Crippen LogP contribution in [0.4, 0.5) is 34.1 Å². The van der Waals surface area contributed by atoms with E-state index in [4.69, 9.17) is 8.83 Å². The van der Waals surface area contributed by atoms with Crippen LogP contribution in [0.2, 0.25) is 0 Å². The van der Waals surface area contributed by atoms with Crippen LogP contribution in [0, 0.1) is 0 Å². The minimum atomic E-state index is -0.0895. The van der Waals surface area contributed by atoms with Crippen LogP contribution in [0.25, 0.3) is 21.9 Å². The number of anilines is 6. The molecule has 0 spiro atoms. The van der Waals surface area contributed by atoms with Crippen molar-refractivity contribution in [3.05, 3.63) is 130 Å². The Balaban J connectivity index is 1.49. The van der Waals surface area contributed by atoms with E-state index >= 15 is 0 Å². The highest BCUT2D eigenvalue weighted by atomic mass is 16.3. The molecule has 0 atom stereocenters. The topological polar surface area (TPSA) is 66.9 Å². The second-order valence-corrected chi connectivity index (χ2v) is 8.58. The van der Waals surface area contributed by atoms with Gasteiger partial charge in [-0.2, -0.15) is 0 Å². The Morgan fingerprint density at radius 1 is 0.472 bits per heavy atom. The average Bonchev–Trinajstić information content (AvgIpc) is 2.92. The number of para-hydroxylation sites is 4. The summed E-state index contributed by atoms with van der Waals surface area (Å²) in [5, 5.41) is 1.04. The molecule has 4 aromatic carbocycles. The summed E-state index contributed by atoms with van der Waals surface area (Å²) in [5.74, 6) is 0. The predicted molar refractivity (Wildman–Crippen MR) is 141 cm³/mol. The van der Waals surface area contributed by atoms with Gasteiger partial charge in [-0.3, -0.25) is 9.59 Å². The molecule has 0 radical (unpaired) electrons. The maximum Gasteiger partial charge on any atom is 0.192 e. The average molecular weight is 470 g/mol. The first-order valence-corrected chi connectivity index (χ1v) is 11.5. The normalized spacial score (nSPS) is 12.6. The molecule has 1 aliphatic heterocycles. The molecule has 2 aromatic heterocycles. The highest BCUT2D eigenvalue weighted by Crippen LogP contribution is 2.54. The fraction of sp³-hybridized carbons (Fsp3) is 0. The first-order valence-electron chi connectivity index (χ1n) is 11.5. The van der Waals surface area contributed by atoms with Crippen LogP contribution in [0.3, 0.4) is 0 Å². The van der Waals surface area contributed by atoms with E-state index in [1.165, 1.54) is 24.7 Å². The molecule has 0 aliphatic carbocycles. The number of benzene rings is 4. The number of fused-ring (bicyclic) bond motifs is 4. The molecule has 6 heteroatoms. The molecule has 0 unspecified atom stereocenters. The lowest BCUT2D eigenvalue weighted by atomic mass is 10.0. The summed E-state index contributed by atoms with van der Waals surface area (Å²) in [6.07, 6.45) is 2.83. The molecule has 0 bridgehead atoms. The SMILES string of the molecule is O=c1ccoc2ccc(N3c4ccccc4N(c4ccc5occc(=O)c5c4)c4ccccc43)cc12. The molecule has 0 saturated carbocycles. The van der Waals surface area contributed by atoms with E-state index in [0.717, 1.165) is 34.1 Å². The number of hydrogen-bond acceptors (Lipinski definition) is 6. The van der Waals surface area contributed by atoms with E-state index < -0.39 is 0 Å². The quantitative estimate of drug-likeness (QED) is 0.267. The molecule has 1 aliphatic rings. The van der Waals surface area contributed by atoms with Crippen LogP contribution in [0.5, 0.6) is 0 Å². The van der Waals surface area contributed by atoms with Gasteiger partial charge in [0.15, 0.2) is 10.9 Å². The van der Waals surface area contributed by atoms with Gasteiger partial charge in [0.2, 0.25) is 0 Å². The monoisotopic (exact) mass is 470 g/mol. The van der Waals surface area contributed by atoms with Crippen molar-refractivity contribution in [2.24, 2.45) is 0 Å². The van der Waals surface area contributed by atoms with E-state index in [2.05, 4.69) is 9.80 Å². The second-order valence-electron chi connectivity index (χ2n) is 8.58. The first-order chi connectivity index (χ1) is 17.7. The minimum Gasteiger partial charge on any atom is -0.464 e. The van der Waals surface area contributed by atoms with Crippen molar-refractivity contribution in [1.82, 2.24) is 0 Å². The maximum atomic E-state index is 12.6. The molecule has 0 amide bonds. The molecule has 0 saturated heterocycles. The molecule has 6 nitrogen and oxygen atoms in total. The van der Waals surface area contributed by atoms with Gasteiger partial charge in [0.05, 0.1) is 46.0 Å². The second kappa shape index (κ2) is 7.71. The van der Waals surface area contributed by atoms with Gasteiger partial charge < -0.3 is 18.6 Å². The molecule has 172 valence electrons. The molecular formula is C30H18N2O4. The van der Waals surface area contributed by atoms with Gasteiger partial charge >= 0.3 is 0 Å². The van der Waals surface area contributed by atoms with E-state index in [0.29, 0.717) is 21.9 Å². The van der Waals surface area contributed by atoms with E-state index in [1.807, 2.05) is 84.9 Å². The van der Waals surface area contributed by atoms with Gasteiger partial charge in [0, 0.05) is 23.5 Å². The number of nitrogens with zero attached hydrogens (tertiary/aromatic N) is 2. The van der Waals surface area contributed by atoms with Crippen molar-refractivity contribution in [2.75, 3.05) is 9.80 Å². The van der Waals surface area contributed by atoms with Crippen LogP contribution in [-0.2, 0) is 0 Å². The fourth-order valence-electron chi connectivity index (χ4n) is 4.92. The van der Waals surface area contributed by atoms with Crippen molar-refractivity contribution in [3.63, 3.8) is 0 Å². The molecule has 0 N–H and O–H groups in total. The third kappa shape index (κ3) is 2.98. The lowest BCUT2D eigenvalue weighted by molar-refractivity contribution is 0.602. The van der Waals surface area contributed by atoms with Gasteiger partial charge in [0.1, 0.15) is 11.2 Å². The van der Waals surface area contributed by atoms with Crippen molar-refractivity contribution in [1.29, 1.82) is 0 Å². The summed E-state index contributed by atoms with van der Waals surface area (Å²) < 4.78 is 11.1. The van der Waals surface area contributed by atoms with Gasteiger partial charge in [-0.1, -0.05) is 24.3 Å². The third-order valence-electron chi connectivity index (χ3n) is 6.53. The summed E-state index contributed by atoms with van der Waals surface area (Å²) in [6, 6.07) is 30.3. The van der Waals surface area contributed by atoms with E-state index in [9.17, 15) is 9.59 Å².